The molecule has 1 fully saturated rings. The molecule has 0 saturated carbocycles. The van der Waals surface area contributed by atoms with Gasteiger partial charge < -0.3 is 19.9 Å². The van der Waals surface area contributed by atoms with Gasteiger partial charge in [-0.25, -0.2) is 0 Å². The molecule has 0 spiro atoms. The maximum absolute atomic E-state index is 12.0. The highest BCUT2D eigenvalue weighted by atomic mass is 16.5. The summed E-state index contributed by atoms with van der Waals surface area (Å²) in [6.07, 6.45) is 1.57. The first-order valence-electron chi connectivity index (χ1n) is 6.35. The van der Waals surface area contributed by atoms with Crippen molar-refractivity contribution in [1.82, 2.24) is 15.0 Å². The van der Waals surface area contributed by atoms with Crippen LogP contribution in [-0.4, -0.2) is 66.8 Å². The molecule has 1 aromatic heterocycles. The summed E-state index contributed by atoms with van der Waals surface area (Å²) in [6.45, 7) is 4.03. The van der Waals surface area contributed by atoms with Crippen LogP contribution in [0.3, 0.4) is 0 Å². The molecule has 0 bridgehead atoms. The van der Waals surface area contributed by atoms with Crippen molar-refractivity contribution in [3.8, 4) is 0 Å². The van der Waals surface area contributed by atoms with Crippen LogP contribution in [-0.2, 0) is 16.1 Å². The highest BCUT2D eigenvalue weighted by molar-refractivity contribution is 5.81. The number of nitrogens with two attached hydrogens (primary N) is 1. The first-order valence-corrected chi connectivity index (χ1v) is 6.35. The minimum Gasteiger partial charge on any atom is -0.383 e. The van der Waals surface area contributed by atoms with Crippen LogP contribution in [0.5, 0.6) is 0 Å². The Balaban J connectivity index is 1.77. The van der Waals surface area contributed by atoms with Crippen LogP contribution in [0.1, 0.15) is 5.69 Å². The van der Waals surface area contributed by atoms with E-state index in [-0.39, 0.29) is 12.5 Å². The van der Waals surface area contributed by atoms with Crippen LogP contribution < -0.4 is 5.73 Å². The SMILES string of the molecule is COCC(N)C(=O)N1CCN(Cc2ccon2)CC1. The van der Waals surface area contributed by atoms with E-state index in [0.717, 1.165) is 25.3 Å². The number of piperazine rings is 1. The van der Waals surface area contributed by atoms with E-state index in [0.29, 0.717) is 13.1 Å². The van der Waals surface area contributed by atoms with E-state index in [1.54, 1.807) is 18.3 Å². The van der Waals surface area contributed by atoms with Crippen LogP contribution in [0.4, 0.5) is 0 Å². The van der Waals surface area contributed by atoms with Crippen molar-refractivity contribution in [2.45, 2.75) is 12.6 Å². The number of hydrogen-bond donors (Lipinski definition) is 1. The summed E-state index contributed by atoms with van der Waals surface area (Å²) < 4.78 is 9.71. The van der Waals surface area contributed by atoms with Gasteiger partial charge in [0.25, 0.3) is 0 Å². The highest BCUT2D eigenvalue weighted by Crippen LogP contribution is 2.07. The third kappa shape index (κ3) is 3.76. The summed E-state index contributed by atoms with van der Waals surface area (Å²) in [5.74, 6) is -0.0389. The molecular weight excluding hydrogens is 248 g/mol. The molecule has 7 nitrogen and oxygen atoms in total. The molecule has 0 aliphatic carbocycles. The lowest BCUT2D eigenvalue weighted by Crippen LogP contribution is -2.53. The van der Waals surface area contributed by atoms with Crippen molar-refractivity contribution >= 4 is 5.91 Å². The second kappa shape index (κ2) is 6.65. The van der Waals surface area contributed by atoms with Crippen LogP contribution in [0, 0.1) is 0 Å². The lowest BCUT2D eigenvalue weighted by atomic mass is 10.2. The Morgan fingerprint density at radius 2 is 2.26 bits per heavy atom. The molecule has 2 heterocycles. The number of nitrogens with zero attached hydrogens (tertiary/aromatic N) is 3. The normalized spacial score (nSPS) is 18.5. The molecule has 19 heavy (non-hydrogen) atoms. The average Bonchev–Trinajstić information content (AvgIpc) is 2.92. The molecule has 1 aromatic rings. The topological polar surface area (TPSA) is 84.8 Å². The molecule has 1 amide bonds. The number of hydrogen-bond acceptors (Lipinski definition) is 6. The maximum atomic E-state index is 12.0. The van der Waals surface area contributed by atoms with Crippen LogP contribution in [0.15, 0.2) is 16.9 Å². The largest absolute Gasteiger partial charge is 0.383 e. The summed E-state index contributed by atoms with van der Waals surface area (Å²) in [5, 5.41) is 3.88. The summed E-state index contributed by atoms with van der Waals surface area (Å²) >= 11 is 0. The van der Waals surface area contributed by atoms with Gasteiger partial charge in [-0.3, -0.25) is 9.69 Å². The van der Waals surface area contributed by atoms with Gasteiger partial charge in [0, 0.05) is 45.9 Å². The second-order valence-electron chi connectivity index (χ2n) is 4.65. The van der Waals surface area contributed by atoms with E-state index in [4.69, 9.17) is 15.0 Å². The molecule has 2 rings (SSSR count). The molecule has 1 atom stereocenters. The molecular formula is C12H20N4O3. The predicted molar refractivity (Wildman–Crippen MR) is 68.2 cm³/mol. The fraction of sp³-hybridized carbons (Fsp3) is 0.667. The second-order valence-corrected chi connectivity index (χ2v) is 4.65. The van der Waals surface area contributed by atoms with E-state index in [2.05, 4.69) is 10.1 Å². The van der Waals surface area contributed by atoms with Crippen LogP contribution >= 0.6 is 0 Å². The number of carbonyl (C=O) groups excluding carboxylic acids is 1. The zero-order valence-corrected chi connectivity index (χ0v) is 11.1. The fourth-order valence-corrected chi connectivity index (χ4v) is 2.16. The Hall–Kier alpha value is -1.44. The van der Waals surface area contributed by atoms with E-state index >= 15 is 0 Å². The molecule has 0 radical (unpaired) electrons. The average molecular weight is 268 g/mol. The van der Waals surface area contributed by atoms with Crippen LogP contribution in [0.2, 0.25) is 0 Å². The minimum absolute atomic E-state index is 0.0389. The van der Waals surface area contributed by atoms with Crippen molar-refractivity contribution in [3.05, 3.63) is 18.0 Å². The van der Waals surface area contributed by atoms with Gasteiger partial charge in [-0.15, -0.1) is 0 Å². The Kier molecular flexibility index (Phi) is 4.89. The quantitative estimate of drug-likeness (QED) is 0.759. The maximum Gasteiger partial charge on any atom is 0.241 e. The molecule has 1 aliphatic heterocycles. The predicted octanol–water partition coefficient (Wildman–Crippen LogP) is -0.707. The zero-order valence-electron chi connectivity index (χ0n) is 11.1. The fourth-order valence-electron chi connectivity index (χ4n) is 2.16. The lowest BCUT2D eigenvalue weighted by molar-refractivity contribution is -0.135. The summed E-state index contributed by atoms with van der Waals surface area (Å²) in [4.78, 5) is 16.0. The van der Waals surface area contributed by atoms with Gasteiger partial charge in [0.05, 0.1) is 12.3 Å². The monoisotopic (exact) mass is 268 g/mol. The van der Waals surface area contributed by atoms with Gasteiger partial charge in [-0.05, 0) is 0 Å². The smallest absolute Gasteiger partial charge is 0.241 e. The Bertz CT molecular complexity index is 388. The Morgan fingerprint density at radius 1 is 1.53 bits per heavy atom. The number of rotatable bonds is 5. The number of methoxy groups -OCH3 is 1. The molecule has 1 unspecified atom stereocenters. The molecule has 2 N–H and O–H groups in total. The van der Waals surface area contributed by atoms with Crippen molar-refractivity contribution in [1.29, 1.82) is 0 Å². The minimum atomic E-state index is -0.563. The van der Waals surface area contributed by atoms with E-state index in [9.17, 15) is 4.79 Å². The first-order chi connectivity index (χ1) is 9.20. The highest BCUT2D eigenvalue weighted by Gasteiger charge is 2.25. The molecule has 0 aromatic carbocycles. The van der Waals surface area contributed by atoms with E-state index in [1.807, 2.05) is 6.07 Å². The third-order valence-electron chi connectivity index (χ3n) is 3.22. The van der Waals surface area contributed by atoms with Crippen molar-refractivity contribution in [3.63, 3.8) is 0 Å². The molecule has 1 saturated heterocycles. The van der Waals surface area contributed by atoms with Crippen molar-refractivity contribution in [2.24, 2.45) is 5.73 Å². The number of carbonyl (C=O) groups is 1. The lowest BCUT2D eigenvalue weighted by Gasteiger charge is -2.35. The van der Waals surface area contributed by atoms with Crippen molar-refractivity contribution in [2.75, 3.05) is 39.9 Å². The van der Waals surface area contributed by atoms with E-state index < -0.39 is 6.04 Å². The summed E-state index contributed by atoms with van der Waals surface area (Å²) in [7, 11) is 1.54. The zero-order chi connectivity index (χ0) is 13.7. The van der Waals surface area contributed by atoms with Crippen LogP contribution in [0.25, 0.3) is 0 Å². The van der Waals surface area contributed by atoms with Gasteiger partial charge >= 0.3 is 0 Å². The standard InChI is InChI=1S/C12H20N4O3/c1-18-9-11(13)12(17)16-5-3-15(4-6-16)8-10-2-7-19-14-10/h2,7,11H,3-6,8-9,13H2,1H3. The number of amides is 1. The third-order valence-corrected chi connectivity index (χ3v) is 3.22. The van der Waals surface area contributed by atoms with Gasteiger partial charge in [0.1, 0.15) is 12.3 Å². The number of ether oxygens (including phenoxy) is 1. The van der Waals surface area contributed by atoms with Crippen molar-refractivity contribution < 1.29 is 14.1 Å². The Morgan fingerprint density at radius 3 is 2.84 bits per heavy atom. The van der Waals surface area contributed by atoms with Gasteiger partial charge in [0.2, 0.25) is 5.91 Å². The summed E-state index contributed by atoms with van der Waals surface area (Å²) in [5.41, 5.74) is 6.66. The first kappa shape index (κ1) is 14.0. The Labute approximate surface area is 112 Å². The molecule has 106 valence electrons. The molecule has 7 heteroatoms. The van der Waals surface area contributed by atoms with Gasteiger partial charge in [0.15, 0.2) is 0 Å². The van der Waals surface area contributed by atoms with Gasteiger partial charge in [-0.2, -0.15) is 0 Å². The van der Waals surface area contributed by atoms with Gasteiger partial charge in [-0.1, -0.05) is 5.16 Å². The summed E-state index contributed by atoms with van der Waals surface area (Å²) in [6, 6.07) is 1.29. The molecule has 1 aliphatic rings. The number of aromatic nitrogens is 1. The van der Waals surface area contributed by atoms with E-state index in [1.165, 1.54) is 0 Å².